The number of benzene rings is 1. The molecule has 0 heterocycles. The molecule has 0 bridgehead atoms. The number of hydrogen-bond acceptors (Lipinski definition) is 4. The number of carbonyl (C=O) groups is 1. The molecule has 0 unspecified atom stereocenters. The van der Waals surface area contributed by atoms with E-state index >= 15 is 0 Å². The van der Waals surface area contributed by atoms with Crippen molar-refractivity contribution in [1.29, 1.82) is 0 Å². The summed E-state index contributed by atoms with van der Waals surface area (Å²) in [6.07, 6.45) is 4.80. The predicted octanol–water partition coefficient (Wildman–Crippen LogP) is 2.83. The molecule has 0 spiro atoms. The van der Waals surface area contributed by atoms with Gasteiger partial charge in [0, 0.05) is 18.2 Å². The highest BCUT2D eigenvalue weighted by Gasteiger charge is 2.23. The molecule has 0 aliphatic heterocycles. The van der Waals surface area contributed by atoms with E-state index in [1.165, 1.54) is 19.3 Å². The van der Waals surface area contributed by atoms with Crippen molar-refractivity contribution < 1.29 is 14.3 Å². The van der Waals surface area contributed by atoms with Gasteiger partial charge < -0.3 is 14.8 Å². The molecule has 0 aromatic heterocycles. The van der Waals surface area contributed by atoms with E-state index in [9.17, 15) is 4.79 Å². The van der Waals surface area contributed by atoms with Gasteiger partial charge in [-0.1, -0.05) is 31.9 Å². The summed E-state index contributed by atoms with van der Waals surface area (Å²) in [5.41, 5.74) is 1.01. The summed E-state index contributed by atoms with van der Waals surface area (Å²) in [4.78, 5) is 14.3. The number of methoxy groups -OCH3 is 2. The molecule has 5 nitrogen and oxygen atoms in total. The lowest BCUT2D eigenvalue weighted by molar-refractivity contribution is -0.123. The smallest absolute Gasteiger partial charge is 0.234 e. The highest BCUT2D eigenvalue weighted by Crippen LogP contribution is 2.31. The zero-order chi connectivity index (χ0) is 17.5. The number of nitrogens with one attached hydrogen (secondary N) is 1. The molecule has 1 aliphatic rings. The third-order valence-corrected chi connectivity index (χ3v) is 4.80. The monoisotopic (exact) mass is 334 g/mol. The second-order valence-corrected chi connectivity index (χ2v) is 6.76. The molecule has 24 heavy (non-hydrogen) atoms. The van der Waals surface area contributed by atoms with Gasteiger partial charge in [0.05, 0.1) is 20.8 Å². The fraction of sp³-hybridized carbons (Fsp3) is 0.632. The fourth-order valence-corrected chi connectivity index (χ4v) is 3.45. The molecular formula is C19H30N2O3. The van der Waals surface area contributed by atoms with Crippen LogP contribution in [0.15, 0.2) is 18.2 Å². The molecule has 1 aliphatic carbocycles. The average molecular weight is 334 g/mol. The molecule has 2 atom stereocenters. The number of hydrogen-bond donors (Lipinski definition) is 1. The molecule has 1 aromatic carbocycles. The van der Waals surface area contributed by atoms with Gasteiger partial charge in [-0.3, -0.25) is 9.69 Å². The van der Waals surface area contributed by atoms with Gasteiger partial charge in [-0.2, -0.15) is 0 Å². The molecule has 1 fully saturated rings. The zero-order valence-electron chi connectivity index (χ0n) is 15.3. The summed E-state index contributed by atoms with van der Waals surface area (Å²) in [7, 11) is 5.21. The summed E-state index contributed by atoms with van der Waals surface area (Å²) >= 11 is 0. The lowest BCUT2D eigenvalue weighted by atomic mass is 9.86. The normalized spacial score (nSPS) is 20.7. The van der Waals surface area contributed by atoms with Gasteiger partial charge in [0.15, 0.2) is 11.5 Å². The van der Waals surface area contributed by atoms with Crippen LogP contribution in [0.25, 0.3) is 0 Å². The first-order chi connectivity index (χ1) is 11.5. The first-order valence-electron chi connectivity index (χ1n) is 8.73. The molecular weight excluding hydrogens is 304 g/mol. The van der Waals surface area contributed by atoms with Gasteiger partial charge in [-0.25, -0.2) is 0 Å². The van der Waals surface area contributed by atoms with Crippen molar-refractivity contribution >= 4 is 5.91 Å². The Balaban J connectivity index is 1.91. The van der Waals surface area contributed by atoms with Gasteiger partial charge in [-0.05, 0) is 31.9 Å². The van der Waals surface area contributed by atoms with Crippen molar-refractivity contribution in [2.75, 3.05) is 27.8 Å². The van der Waals surface area contributed by atoms with Gasteiger partial charge in [0.25, 0.3) is 0 Å². The first kappa shape index (κ1) is 18.6. The van der Waals surface area contributed by atoms with Crippen molar-refractivity contribution in [3.63, 3.8) is 0 Å². The molecule has 1 N–H and O–H groups in total. The Morgan fingerprint density at radius 3 is 2.67 bits per heavy atom. The van der Waals surface area contributed by atoms with Crippen LogP contribution in [0.4, 0.5) is 0 Å². The minimum absolute atomic E-state index is 0.0955. The van der Waals surface area contributed by atoms with E-state index in [-0.39, 0.29) is 5.91 Å². The minimum atomic E-state index is 0.0955. The Bertz CT molecular complexity index is 547. The van der Waals surface area contributed by atoms with E-state index in [0.717, 1.165) is 17.7 Å². The predicted molar refractivity (Wildman–Crippen MR) is 95.4 cm³/mol. The van der Waals surface area contributed by atoms with Crippen LogP contribution in [-0.2, 0) is 11.3 Å². The molecule has 1 amide bonds. The highest BCUT2D eigenvalue weighted by atomic mass is 16.5. The average Bonchev–Trinajstić information content (AvgIpc) is 2.56. The third kappa shape index (κ3) is 4.87. The van der Waals surface area contributed by atoms with Crippen LogP contribution in [0.5, 0.6) is 11.5 Å². The maximum Gasteiger partial charge on any atom is 0.234 e. The Morgan fingerprint density at radius 2 is 2.00 bits per heavy atom. The van der Waals surface area contributed by atoms with Crippen molar-refractivity contribution in [3.05, 3.63) is 23.8 Å². The SMILES string of the molecule is COc1cccc(CN(C)CC(=O)N[C@H]2CCCC[C@@H]2C)c1OC. The van der Waals surface area contributed by atoms with Crippen molar-refractivity contribution in [1.82, 2.24) is 10.2 Å². The van der Waals surface area contributed by atoms with Gasteiger partial charge in [0.1, 0.15) is 0 Å². The summed E-state index contributed by atoms with van der Waals surface area (Å²) in [5.74, 6) is 2.11. The zero-order valence-corrected chi connectivity index (χ0v) is 15.3. The quantitative estimate of drug-likeness (QED) is 0.833. The van der Waals surface area contributed by atoms with Crippen LogP contribution < -0.4 is 14.8 Å². The van der Waals surface area contributed by atoms with Gasteiger partial charge >= 0.3 is 0 Å². The Kier molecular flexibility index (Phi) is 6.91. The van der Waals surface area contributed by atoms with E-state index in [2.05, 4.69) is 12.2 Å². The molecule has 134 valence electrons. The largest absolute Gasteiger partial charge is 0.493 e. The highest BCUT2D eigenvalue weighted by molar-refractivity contribution is 5.78. The van der Waals surface area contributed by atoms with Gasteiger partial charge in [-0.15, -0.1) is 0 Å². The second-order valence-electron chi connectivity index (χ2n) is 6.76. The van der Waals surface area contributed by atoms with E-state index in [1.54, 1.807) is 14.2 Å². The lowest BCUT2D eigenvalue weighted by Gasteiger charge is -2.30. The van der Waals surface area contributed by atoms with E-state index in [1.807, 2.05) is 30.1 Å². The first-order valence-corrected chi connectivity index (χ1v) is 8.73. The summed E-state index contributed by atoms with van der Waals surface area (Å²) in [6.45, 7) is 3.24. The fourth-order valence-electron chi connectivity index (χ4n) is 3.45. The number of carbonyl (C=O) groups excluding carboxylic acids is 1. The lowest BCUT2D eigenvalue weighted by Crippen LogP contribution is -2.44. The molecule has 1 aromatic rings. The standard InChI is InChI=1S/C19H30N2O3/c1-14-8-5-6-10-16(14)20-18(22)13-21(2)12-15-9-7-11-17(23-3)19(15)24-4/h7,9,11,14,16H,5-6,8,10,12-13H2,1-4H3,(H,20,22)/t14-,16-/m0/s1. The number of para-hydroxylation sites is 1. The Hall–Kier alpha value is -1.75. The number of ether oxygens (including phenoxy) is 2. The van der Waals surface area contributed by atoms with Crippen molar-refractivity contribution in [3.8, 4) is 11.5 Å². The van der Waals surface area contributed by atoms with E-state index in [4.69, 9.17) is 9.47 Å². The Morgan fingerprint density at radius 1 is 1.25 bits per heavy atom. The minimum Gasteiger partial charge on any atom is -0.493 e. The number of rotatable bonds is 7. The van der Waals surface area contributed by atoms with Crippen LogP contribution in [0, 0.1) is 5.92 Å². The van der Waals surface area contributed by atoms with Crippen LogP contribution in [-0.4, -0.2) is 44.7 Å². The maximum absolute atomic E-state index is 12.3. The number of likely N-dealkylation sites (N-methyl/N-ethyl adjacent to an activating group) is 1. The van der Waals surface area contributed by atoms with Gasteiger partial charge in [0.2, 0.25) is 5.91 Å². The van der Waals surface area contributed by atoms with Crippen LogP contribution in [0.2, 0.25) is 0 Å². The number of nitrogens with zero attached hydrogens (tertiary/aromatic N) is 1. The van der Waals surface area contributed by atoms with E-state index < -0.39 is 0 Å². The molecule has 1 saturated carbocycles. The molecule has 2 rings (SSSR count). The topological polar surface area (TPSA) is 50.8 Å². The summed E-state index contributed by atoms with van der Waals surface area (Å²) in [5, 5.41) is 3.20. The maximum atomic E-state index is 12.3. The van der Waals surface area contributed by atoms with Crippen molar-refractivity contribution in [2.24, 2.45) is 5.92 Å². The van der Waals surface area contributed by atoms with Crippen LogP contribution in [0.3, 0.4) is 0 Å². The molecule has 5 heteroatoms. The van der Waals surface area contributed by atoms with Crippen molar-refractivity contribution in [2.45, 2.75) is 45.2 Å². The summed E-state index contributed by atoms with van der Waals surface area (Å²) in [6, 6.07) is 6.14. The Labute approximate surface area is 145 Å². The van der Waals surface area contributed by atoms with Crippen LogP contribution in [0.1, 0.15) is 38.2 Å². The summed E-state index contributed by atoms with van der Waals surface area (Å²) < 4.78 is 10.8. The van der Waals surface area contributed by atoms with Crippen LogP contribution >= 0.6 is 0 Å². The molecule has 0 radical (unpaired) electrons. The number of amides is 1. The van der Waals surface area contributed by atoms with E-state index in [0.29, 0.717) is 30.8 Å². The third-order valence-electron chi connectivity index (χ3n) is 4.80. The second kappa shape index (κ2) is 8.92. The molecule has 0 saturated heterocycles.